The minimum absolute atomic E-state index is 0.157. The van der Waals surface area contributed by atoms with Gasteiger partial charge in [-0.3, -0.25) is 15.1 Å². The molecule has 4 nitrogen and oxygen atoms in total. The Balaban J connectivity index is 1.76. The molecule has 0 saturated heterocycles. The van der Waals surface area contributed by atoms with Crippen LogP contribution in [0, 0.1) is 0 Å². The third-order valence-corrected chi connectivity index (χ3v) is 4.41. The number of pyridine rings is 1. The summed E-state index contributed by atoms with van der Waals surface area (Å²) in [4.78, 5) is 19.3. The molecule has 1 N–H and O–H groups in total. The van der Waals surface area contributed by atoms with Crippen LogP contribution in [0.25, 0.3) is 0 Å². The number of aromatic nitrogens is 1. The Morgan fingerprint density at radius 1 is 1.29 bits per heavy atom. The highest BCUT2D eigenvalue weighted by Gasteiger charge is 2.30. The van der Waals surface area contributed by atoms with E-state index in [1.54, 1.807) is 6.20 Å². The fourth-order valence-electron chi connectivity index (χ4n) is 3.26. The molecule has 1 aromatic rings. The lowest BCUT2D eigenvalue weighted by Gasteiger charge is -2.35. The monoisotopic (exact) mass is 285 g/mol. The molecular formula is C17H23N3O. The van der Waals surface area contributed by atoms with Crippen molar-refractivity contribution in [3.05, 3.63) is 42.2 Å². The molecule has 2 heterocycles. The predicted octanol–water partition coefficient (Wildman–Crippen LogP) is 2.27. The molecule has 1 amide bonds. The Morgan fingerprint density at radius 3 is 2.81 bits per heavy atom. The van der Waals surface area contributed by atoms with E-state index in [1.807, 2.05) is 30.4 Å². The maximum atomic E-state index is 12.8. The van der Waals surface area contributed by atoms with Gasteiger partial charge in [0, 0.05) is 18.8 Å². The van der Waals surface area contributed by atoms with Crippen LogP contribution in [-0.2, 0) is 11.3 Å². The van der Waals surface area contributed by atoms with Crippen molar-refractivity contribution in [2.75, 3.05) is 6.54 Å². The molecule has 1 saturated carbocycles. The van der Waals surface area contributed by atoms with Gasteiger partial charge < -0.3 is 4.90 Å². The molecule has 0 radical (unpaired) electrons. The standard InChI is InChI=1S/C17H23N3O/c21-17(16-10-6-12-19-16)20(15-8-2-1-3-9-15)13-14-7-4-5-11-18-14/h4-7,10-11,15-16,19H,1-3,8-9,12-13H2. The number of nitrogens with one attached hydrogen (secondary N) is 1. The SMILES string of the molecule is O=C(C1C=CCN1)N(Cc1ccccn1)C1CCCCC1. The van der Waals surface area contributed by atoms with Crippen LogP contribution >= 0.6 is 0 Å². The van der Waals surface area contributed by atoms with Crippen LogP contribution in [0.1, 0.15) is 37.8 Å². The summed E-state index contributed by atoms with van der Waals surface area (Å²) in [5.74, 6) is 0.196. The molecule has 1 aromatic heterocycles. The van der Waals surface area contributed by atoms with Crippen molar-refractivity contribution < 1.29 is 4.79 Å². The van der Waals surface area contributed by atoms with E-state index >= 15 is 0 Å². The van der Waals surface area contributed by atoms with Gasteiger partial charge in [-0.1, -0.05) is 37.5 Å². The van der Waals surface area contributed by atoms with Crippen LogP contribution < -0.4 is 5.32 Å². The molecular weight excluding hydrogens is 262 g/mol. The van der Waals surface area contributed by atoms with Crippen LogP contribution in [0.4, 0.5) is 0 Å². The molecule has 1 atom stereocenters. The molecule has 4 heteroatoms. The summed E-state index contributed by atoms with van der Waals surface area (Å²) in [5, 5.41) is 3.24. The van der Waals surface area contributed by atoms with Crippen LogP contribution in [0.15, 0.2) is 36.5 Å². The van der Waals surface area contributed by atoms with Gasteiger partial charge in [-0.15, -0.1) is 0 Å². The second kappa shape index (κ2) is 6.85. The van der Waals surface area contributed by atoms with E-state index in [1.165, 1.54) is 19.3 Å². The van der Waals surface area contributed by atoms with Crippen molar-refractivity contribution in [1.82, 2.24) is 15.2 Å². The first kappa shape index (κ1) is 14.3. The second-order valence-corrected chi connectivity index (χ2v) is 5.89. The molecule has 21 heavy (non-hydrogen) atoms. The fraction of sp³-hybridized carbons (Fsp3) is 0.529. The van der Waals surface area contributed by atoms with Gasteiger partial charge in [-0.05, 0) is 25.0 Å². The first-order valence-electron chi connectivity index (χ1n) is 7.95. The van der Waals surface area contributed by atoms with Gasteiger partial charge in [0.1, 0.15) is 6.04 Å². The number of carbonyl (C=O) groups excluding carboxylic acids is 1. The summed E-state index contributed by atoms with van der Waals surface area (Å²) in [5.41, 5.74) is 0.971. The zero-order valence-electron chi connectivity index (χ0n) is 12.4. The van der Waals surface area contributed by atoms with Crippen molar-refractivity contribution in [3.8, 4) is 0 Å². The van der Waals surface area contributed by atoms with Gasteiger partial charge in [0.2, 0.25) is 5.91 Å². The fourth-order valence-corrected chi connectivity index (χ4v) is 3.26. The molecule has 1 unspecified atom stereocenters. The first-order chi connectivity index (χ1) is 10.3. The number of rotatable bonds is 4. The smallest absolute Gasteiger partial charge is 0.244 e. The van der Waals surface area contributed by atoms with Crippen molar-refractivity contribution in [2.45, 2.75) is 50.7 Å². The summed E-state index contributed by atoms with van der Waals surface area (Å²) in [6.45, 7) is 1.41. The highest BCUT2D eigenvalue weighted by Crippen LogP contribution is 2.25. The van der Waals surface area contributed by atoms with Crippen LogP contribution in [0.5, 0.6) is 0 Å². The first-order valence-corrected chi connectivity index (χ1v) is 7.95. The van der Waals surface area contributed by atoms with E-state index in [9.17, 15) is 4.79 Å². The van der Waals surface area contributed by atoms with Crippen molar-refractivity contribution in [1.29, 1.82) is 0 Å². The zero-order chi connectivity index (χ0) is 14.5. The molecule has 3 rings (SSSR count). The van der Waals surface area contributed by atoms with Gasteiger partial charge in [-0.2, -0.15) is 0 Å². The quantitative estimate of drug-likeness (QED) is 0.863. The number of carbonyl (C=O) groups is 1. The minimum atomic E-state index is -0.157. The highest BCUT2D eigenvalue weighted by molar-refractivity contribution is 5.84. The Hall–Kier alpha value is -1.68. The van der Waals surface area contributed by atoms with Crippen molar-refractivity contribution >= 4 is 5.91 Å². The molecule has 0 spiro atoms. The van der Waals surface area contributed by atoms with E-state index in [-0.39, 0.29) is 11.9 Å². The average Bonchev–Trinajstić information content (AvgIpc) is 3.08. The van der Waals surface area contributed by atoms with E-state index < -0.39 is 0 Å². The summed E-state index contributed by atoms with van der Waals surface area (Å²) < 4.78 is 0. The second-order valence-electron chi connectivity index (χ2n) is 5.89. The lowest BCUT2D eigenvalue weighted by atomic mass is 9.93. The predicted molar refractivity (Wildman–Crippen MR) is 82.6 cm³/mol. The third-order valence-electron chi connectivity index (χ3n) is 4.41. The van der Waals surface area contributed by atoms with Gasteiger partial charge >= 0.3 is 0 Å². The minimum Gasteiger partial charge on any atom is -0.332 e. The molecule has 1 aliphatic carbocycles. The summed E-state index contributed by atoms with van der Waals surface area (Å²) in [7, 11) is 0. The molecule has 0 bridgehead atoms. The molecule has 1 fully saturated rings. The van der Waals surface area contributed by atoms with Gasteiger partial charge in [0.15, 0.2) is 0 Å². The summed E-state index contributed by atoms with van der Waals surface area (Å²) in [6.07, 6.45) is 11.8. The number of hydrogen-bond acceptors (Lipinski definition) is 3. The summed E-state index contributed by atoms with van der Waals surface area (Å²) in [6, 6.07) is 6.11. The third kappa shape index (κ3) is 3.50. The van der Waals surface area contributed by atoms with Crippen LogP contribution in [0.2, 0.25) is 0 Å². The largest absolute Gasteiger partial charge is 0.332 e. The lowest BCUT2D eigenvalue weighted by Crippen LogP contribution is -2.48. The van der Waals surface area contributed by atoms with E-state index in [2.05, 4.69) is 15.2 Å². The topological polar surface area (TPSA) is 45.2 Å². The van der Waals surface area contributed by atoms with E-state index in [0.717, 1.165) is 25.1 Å². The highest BCUT2D eigenvalue weighted by atomic mass is 16.2. The van der Waals surface area contributed by atoms with Crippen LogP contribution in [0.3, 0.4) is 0 Å². The lowest BCUT2D eigenvalue weighted by molar-refractivity contribution is -0.135. The molecule has 2 aliphatic rings. The van der Waals surface area contributed by atoms with Gasteiger partial charge in [0.05, 0.1) is 12.2 Å². The maximum Gasteiger partial charge on any atom is 0.244 e. The molecule has 0 aromatic carbocycles. The maximum absolute atomic E-state index is 12.8. The Labute approximate surface area is 126 Å². The Morgan fingerprint density at radius 2 is 2.14 bits per heavy atom. The van der Waals surface area contributed by atoms with Gasteiger partial charge in [0.25, 0.3) is 0 Å². The van der Waals surface area contributed by atoms with Crippen molar-refractivity contribution in [3.63, 3.8) is 0 Å². The molecule has 1 aliphatic heterocycles. The number of amides is 1. The normalized spacial score (nSPS) is 22.4. The van der Waals surface area contributed by atoms with E-state index in [0.29, 0.717) is 12.6 Å². The number of hydrogen-bond donors (Lipinski definition) is 1. The van der Waals surface area contributed by atoms with Crippen LogP contribution in [-0.4, -0.2) is 34.4 Å². The average molecular weight is 285 g/mol. The van der Waals surface area contributed by atoms with E-state index in [4.69, 9.17) is 0 Å². The Kier molecular flexibility index (Phi) is 4.65. The number of nitrogens with zero attached hydrogens (tertiary/aromatic N) is 2. The molecule has 112 valence electrons. The zero-order valence-corrected chi connectivity index (χ0v) is 12.4. The Bertz CT molecular complexity index is 494. The van der Waals surface area contributed by atoms with Gasteiger partial charge in [-0.25, -0.2) is 0 Å². The summed E-state index contributed by atoms with van der Waals surface area (Å²) >= 11 is 0. The van der Waals surface area contributed by atoms with Crippen molar-refractivity contribution in [2.24, 2.45) is 0 Å².